The minimum Gasteiger partial charge on any atom is -0.309 e. The number of benzene rings is 1. The third-order valence-electron chi connectivity index (χ3n) is 3.29. The average molecular weight is 271 g/mol. The molecule has 4 nitrogen and oxygen atoms in total. The Balaban J connectivity index is 2.27. The van der Waals surface area contributed by atoms with E-state index in [9.17, 15) is 4.79 Å². The standard InChI is InChI=1S/C16H21N3O/c1-4-17-15(14-7-5-12(2)6-8-14)11-19-10-13(3)9-18-16(19)20/h5-10,15,17H,4,11H2,1-3H3. The van der Waals surface area contributed by atoms with Crippen LogP contribution in [0.15, 0.2) is 41.5 Å². The van der Waals surface area contributed by atoms with Crippen molar-refractivity contribution < 1.29 is 0 Å². The van der Waals surface area contributed by atoms with Crippen LogP contribution >= 0.6 is 0 Å². The van der Waals surface area contributed by atoms with Gasteiger partial charge < -0.3 is 5.32 Å². The van der Waals surface area contributed by atoms with Crippen LogP contribution in [-0.2, 0) is 6.54 Å². The highest BCUT2D eigenvalue weighted by atomic mass is 16.1. The highest BCUT2D eigenvalue weighted by molar-refractivity contribution is 5.24. The van der Waals surface area contributed by atoms with Crippen LogP contribution in [0.5, 0.6) is 0 Å². The summed E-state index contributed by atoms with van der Waals surface area (Å²) in [6.07, 6.45) is 3.46. The Labute approximate surface area is 119 Å². The van der Waals surface area contributed by atoms with Crippen LogP contribution in [-0.4, -0.2) is 16.1 Å². The van der Waals surface area contributed by atoms with Gasteiger partial charge in [-0.3, -0.25) is 4.57 Å². The zero-order valence-electron chi connectivity index (χ0n) is 12.3. The Bertz CT molecular complexity index is 616. The maximum atomic E-state index is 11.8. The molecule has 0 radical (unpaired) electrons. The van der Waals surface area contributed by atoms with Gasteiger partial charge in [-0.25, -0.2) is 9.78 Å². The van der Waals surface area contributed by atoms with E-state index in [1.54, 1.807) is 10.8 Å². The second-order valence-electron chi connectivity index (χ2n) is 5.09. The van der Waals surface area contributed by atoms with Crippen molar-refractivity contribution in [3.05, 3.63) is 63.8 Å². The fraction of sp³-hybridized carbons (Fsp3) is 0.375. The lowest BCUT2D eigenvalue weighted by Crippen LogP contribution is -2.31. The van der Waals surface area contributed by atoms with Crippen LogP contribution < -0.4 is 11.0 Å². The summed E-state index contributed by atoms with van der Waals surface area (Å²) in [4.78, 5) is 15.7. The summed E-state index contributed by atoms with van der Waals surface area (Å²) in [5.74, 6) is 0. The molecule has 0 aliphatic carbocycles. The van der Waals surface area contributed by atoms with E-state index in [0.29, 0.717) is 6.54 Å². The fourth-order valence-electron chi connectivity index (χ4n) is 2.23. The molecule has 1 N–H and O–H groups in total. The number of aromatic nitrogens is 2. The van der Waals surface area contributed by atoms with Crippen molar-refractivity contribution in [2.45, 2.75) is 33.4 Å². The first-order chi connectivity index (χ1) is 9.60. The molecule has 0 amide bonds. The lowest BCUT2D eigenvalue weighted by atomic mass is 10.0. The first-order valence-electron chi connectivity index (χ1n) is 6.93. The molecule has 1 atom stereocenters. The Morgan fingerprint density at radius 2 is 1.90 bits per heavy atom. The fourth-order valence-corrected chi connectivity index (χ4v) is 2.23. The molecule has 0 spiro atoms. The zero-order chi connectivity index (χ0) is 14.5. The maximum absolute atomic E-state index is 11.8. The van der Waals surface area contributed by atoms with E-state index in [4.69, 9.17) is 0 Å². The summed E-state index contributed by atoms with van der Waals surface area (Å²) in [6, 6.07) is 8.52. The lowest BCUT2D eigenvalue weighted by molar-refractivity contribution is 0.461. The Morgan fingerprint density at radius 1 is 1.20 bits per heavy atom. The number of hydrogen-bond acceptors (Lipinski definition) is 3. The zero-order valence-corrected chi connectivity index (χ0v) is 12.3. The first-order valence-corrected chi connectivity index (χ1v) is 6.93. The predicted molar refractivity (Wildman–Crippen MR) is 80.8 cm³/mol. The minimum atomic E-state index is -0.203. The summed E-state index contributed by atoms with van der Waals surface area (Å²) in [7, 11) is 0. The van der Waals surface area contributed by atoms with Crippen LogP contribution in [0.2, 0.25) is 0 Å². The van der Waals surface area contributed by atoms with Crippen LogP contribution in [0, 0.1) is 13.8 Å². The molecule has 4 heteroatoms. The van der Waals surface area contributed by atoms with Crippen molar-refractivity contribution in [2.24, 2.45) is 0 Å². The van der Waals surface area contributed by atoms with Crippen LogP contribution in [0.25, 0.3) is 0 Å². The van der Waals surface area contributed by atoms with E-state index in [1.165, 1.54) is 11.1 Å². The third-order valence-corrected chi connectivity index (χ3v) is 3.29. The van der Waals surface area contributed by atoms with Gasteiger partial charge in [0.15, 0.2) is 0 Å². The van der Waals surface area contributed by atoms with E-state index in [-0.39, 0.29) is 11.7 Å². The molecule has 20 heavy (non-hydrogen) atoms. The van der Waals surface area contributed by atoms with E-state index in [1.807, 2.05) is 13.1 Å². The molecule has 0 saturated carbocycles. The molecule has 1 unspecified atom stereocenters. The lowest BCUT2D eigenvalue weighted by Gasteiger charge is -2.19. The van der Waals surface area contributed by atoms with Gasteiger partial charge in [0.1, 0.15) is 0 Å². The highest BCUT2D eigenvalue weighted by Gasteiger charge is 2.12. The topological polar surface area (TPSA) is 46.9 Å². The molecule has 2 rings (SSSR count). The maximum Gasteiger partial charge on any atom is 0.347 e. The number of likely N-dealkylation sites (N-methyl/N-ethyl adjacent to an activating group) is 1. The largest absolute Gasteiger partial charge is 0.347 e. The van der Waals surface area contributed by atoms with Gasteiger partial charge in [-0.2, -0.15) is 0 Å². The predicted octanol–water partition coefficient (Wildman–Crippen LogP) is 2.21. The second-order valence-corrected chi connectivity index (χ2v) is 5.09. The molecule has 0 bridgehead atoms. The van der Waals surface area contributed by atoms with Crippen molar-refractivity contribution in [1.82, 2.24) is 14.9 Å². The van der Waals surface area contributed by atoms with Gasteiger partial charge in [-0.05, 0) is 31.5 Å². The van der Waals surface area contributed by atoms with Gasteiger partial charge in [0, 0.05) is 18.9 Å². The van der Waals surface area contributed by atoms with Crippen molar-refractivity contribution in [3.8, 4) is 0 Å². The van der Waals surface area contributed by atoms with Gasteiger partial charge in [0.05, 0.1) is 6.04 Å². The molecule has 1 heterocycles. The van der Waals surface area contributed by atoms with Gasteiger partial charge in [-0.15, -0.1) is 0 Å². The number of rotatable bonds is 5. The second kappa shape index (κ2) is 6.48. The van der Waals surface area contributed by atoms with E-state index >= 15 is 0 Å². The molecule has 1 aromatic heterocycles. The summed E-state index contributed by atoms with van der Waals surface area (Å²) in [6.45, 7) is 7.52. The SMILES string of the molecule is CCNC(Cn1cc(C)cnc1=O)c1ccc(C)cc1. The summed E-state index contributed by atoms with van der Waals surface area (Å²) in [5.41, 5.74) is 3.21. The first kappa shape index (κ1) is 14.5. The monoisotopic (exact) mass is 271 g/mol. The van der Waals surface area contributed by atoms with Crippen molar-refractivity contribution in [3.63, 3.8) is 0 Å². The summed E-state index contributed by atoms with van der Waals surface area (Å²) >= 11 is 0. The minimum absolute atomic E-state index is 0.113. The molecule has 1 aromatic carbocycles. The summed E-state index contributed by atoms with van der Waals surface area (Å²) in [5, 5.41) is 3.43. The summed E-state index contributed by atoms with van der Waals surface area (Å²) < 4.78 is 1.67. The molecule has 0 saturated heterocycles. The van der Waals surface area contributed by atoms with E-state index in [2.05, 4.69) is 48.4 Å². The molecule has 2 aromatic rings. The molecule has 0 fully saturated rings. The van der Waals surface area contributed by atoms with Gasteiger partial charge in [0.2, 0.25) is 0 Å². The van der Waals surface area contributed by atoms with Crippen LogP contribution in [0.4, 0.5) is 0 Å². The van der Waals surface area contributed by atoms with Crippen molar-refractivity contribution in [1.29, 1.82) is 0 Å². The molecular weight excluding hydrogens is 250 g/mol. The van der Waals surface area contributed by atoms with Crippen LogP contribution in [0.3, 0.4) is 0 Å². The van der Waals surface area contributed by atoms with E-state index in [0.717, 1.165) is 12.1 Å². The van der Waals surface area contributed by atoms with Crippen molar-refractivity contribution in [2.75, 3.05) is 6.54 Å². The smallest absolute Gasteiger partial charge is 0.309 e. The van der Waals surface area contributed by atoms with Gasteiger partial charge in [0.25, 0.3) is 0 Å². The molecular formula is C16H21N3O. The number of aryl methyl sites for hydroxylation is 2. The van der Waals surface area contributed by atoms with Gasteiger partial charge in [-0.1, -0.05) is 36.8 Å². The van der Waals surface area contributed by atoms with Crippen molar-refractivity contribution >= 4 is 0 Å². The van der Waals surface area contributed by atoms with Gasteiger partial charge >= 0.3 is 5.69 Å². The quantitative estimate of drug-likeness (QED) is 0.907. The average Bonchev–Trinajstić information content (AvgIpc) is 2.43. The number of hydrogen-bond donors (Lipinski definition) is 1. The number of nitrogens with one attached hydrogen (secondary N) is 1. The van der Waals surface area contributed by atoms with Crippen LogP contribution in [0.1, 0.15) is 29.7 Å². The Kier molecular flexibility index (Phi) is 4.69. The highest BCUT2D eigenvalue weighted by Crippen LogP contribution is 2.15. The third kappa shape index (κ3) is 3.54. The Hall–Kier alpha value is -1.94. The molecule has 106 valence electrons. The number of nitrogens with zero attached hydrogens (tertiary/aromatic N) is 2. The normalized spacial score (nSPS) is 12.3. The molecule has 0 aliphatic heterocycles. The Morgan fingerprint density at radius 3 is 2.55 bits per heavy atom. The molecule has 0 aliphatic rings. The van der Waals surface area contributed by atoms with E-state index < -0.39 is 0 Å².